The van der Waals surface area contributed by atoms with Crippen LogP contribution in [-0.2, 0) is 16.1 Å². The zero-order chi connectivity index (χ0) is 22.8. The molecule has 0 bridgehead atoms. The first-order valence-corrected chi connectivity index (χ1v) is 9.97. The van der Waals surface area contributed by atoms with Gasteiger partial charge in [-0.05, 0) is 55.8 Å². The van der Waals surface area contributed by atoms with Crippen molar-refractivity contribution in [1.29, 1.82) is 0 Å². The summed E-state index contributed by atoms with van der Waals surface area (Å²) in [5.74, 6) is -1.61. The summed E-state index contributed by atoms with van der Waals surface area (Å²) < 4.78 is 7.76. The van der Waals surface area contributed by atoms with E-state index < -0.39 is 11.9 Å². The van der Waals surface area contributed by atoms with Crippen molar-refractivity contribution in [2.45, 2.75) is 26.8 Å². The maximum absolute atomic E-state index is 9.55. The van der Waals surface area contributed by atoms with Crippen molar-refractivity contribution in [3.05, 3.63) is 71.9 Å². The zero-order valence-electron chi connectivity index (χ0n) is 18.0. The molecule has 0 amide bonds. The van der Waals surface area contributed by atoms with E-state index in [4.69, 9.17) is 14.9 Å². The predicted molar refractivity (Wildman–Crippen MR) is 121 cm³/mol. The van der Waals surface area contributed by atoms with Gasteiger partial charge in [0.05, 0.1) is 12.6 Å². The van der Waals surface area contributed by atoms with Crippen molar-refractivity contribution in [3.63, 3.8) is 0 Å². The molecule has 0 fully saturated rings. The molecule has 7 nitrogen and oxygen atoms in total. The summed E-state index contributed by atoms with van der Waals surface area (Å²) in [6.07, 6.45) is 2.25. The highest BCUT2D eigenvalue weighted by Gasteiger charge is 2.15. The van der Waals surface area contributed by atoms with Gasteiger partial charge >= 0.3 is 11.9 Å². The number of nitrogens with one attached hydrogen (secondary N) is 1. The Hall–Kier alpha value is -3.58. The standard InChI is InChI=1S/C20H24N2O.C4H4O4/c1-4-12-21-14-19-15(2)22(16-8-6-5-7-9-16)20-11-10-17(23-3)13-18(19)20;5-3(6)1-2-4(7)8/h5-11,13,21H,4,12,14H2,1-3H3;1-2H,(H,5,6)(H,7,8)/b;2-1+. The molecule has 7 heteroatoms. The lowest BCUT2D eigenvalue weighted by Gasteiger charge is -2.09. The highest BCUT2D eigenvalue weighted by molar-refractivity contribution is 5.90. The van der Waals surface area contributed by atoms with Crippen molar-refractivity contribution < 1.29 is 24.5 Å². The van der Waals surface area contributed by atoms with Crippen molar-refractivity contribution in [1.82, 2.24) is 9.88 Å². The number of nitrogens with zero attached hydrogens (tertiary/aromatic N) is 1. The lowest BCUT2D eigenvalue weighted by atomic mass is 10.1. The minimum absolute atomic E-state index is 0.558. The maximum Gasteiger partial charge on any atom is 0.328 e. The molecule has 0 aliphatic rings. The number of benzene rings is 2. The van der Waals surface area contributed by atoms with Gasteiger partial charge in [0.1, 0.15) is 5.75 Å². The molecule has 3 rings (SSSR count). The van der Waals surface area contributed by atoms with Gasteiger partial charge in [-0.2, -0.15) is 0 Å². The van der Waals surface area contributed by atoms with Gasteiger partial charge in [-0.25, -0.2) is 9.59 Å². The molecule has 3 N–H and O–H groups in total. The van der Waals surface area contributed by atoms with E-state index in [-0.39, 0.29) is 0 Å². The molecule has 1 aromatic heterocycles. The number of aromatic nitrogens is 1. The minimum atomic E-state index is -1.26. The second-order valence-corrected chi connectivity index (χ2v) is 6.80. The lowest BCUT2D eigenvalue weighted by Crippen LogP contribution is -2.14. The van der Waals surface area contributed by atoms with Crippen LogP contribution in [0.5, 0.6) is 5.75 Å². The van der Waals surface area contributed by atoms with E-state index in [0.717, 1.165) is 25.3 Å². The van der Waals surface area contributed by atoms with Crippen molar-refractivity contribution in [2.24, 2.45) is 0 Å². The fourth-order valence-electron chi connectivity index (χ4n) is 3.26. The SMILES string of the molecule is CCCNCc1c(C)n(-c2ccccc2)c2ccc(OC)cc12.O=C(O)/C=C/C(=O)O. The lowest BCUT2D eigenvalue weighted by molar-refractivity contribution is -0.134. The van der Waals surface area contributed by atoms with E-state index in [0.29, 0.717) is 12.2 Å². The molecule has 3 aromatic rings. The first-order valence-electron chi connectivity index (χ1n) is 9.97. The Morgan fingerprint density at radius 3 is 2.26 bits per heavy atom. The molecular formula is C24H28N2O5. The van der Waals surface area contributed by atoms with E-state index in [1.54, 1.807) is 7.11 Å². The predicted octanol–water partition coefficient (Wildman–Crippen LogP) is 4.16. The van der Waals surface area contributed by atoms with Crippen LogP contribution in [0.4, 0.5) is 0 Å². The molecule has 2 aromatic carbocycles. The summed E-state index contributed by atoms with van der Waals surface area (Å²) in [4.78, 5) is 19.1. The topological polar surface area (TPSA) is 101 Å². The molecule has 0 unspecified atom stereocenters. The van der Waals surface area contributed by atoms with Crippen molar-refractivity contribution in [3.8, 4) is 11.4 Å². The largest absolute Gasteiger partial charge is 0.497 e. The number of carboxylic acids is 2. The number of hydrogen-bond acceptors (Lipinski definition) is 4. The van der Waals surface area contributed by atoms with Crippen LogP contribution in [0.1, 0.15) is 24.6 Å². The third kappa shape index (κ3) is 6.45. The third-order valence-corrected chi connectivity index (χ3v) is 4.65. The number of fused-ring (bicyclic) bond motifs is 1. The first kappa shape index (κ1) is 23.7. The average Bonchev–Trinajstić information content (AvgIpc) is 3.04. The molecule has 31 heavy (non-hydrogen) atoms. The van der Waals surface area contributed by atoms with Gasteiger partial charge in [0.25, 0.3) is 0 Å². The fourth-order valence-corrected chi connectivity index (χ4v) is 3.26. The number of ether oxygens (including phenoxy) is 1. The maximum atomic E-state index is 9.55. The molecule has 0 atom stereocenters. The van der Waals surface area contributed by atoms with Gasteiger partial charge in [-0.15, -0.1) is 0 Å². The smallest absolute Gasteiger partial charge is 0.328 e. The Labute approximate surface area is 181 Å². The van der Waals surface area contributed by atoms with Gasteiger partial charge in [-0.3, -0.25) is 0 Å². The van der Waals surface area contributed by atoms with Crippen LogP contribution < -0.4 is 10.1 Å². The van der Waals surface area contributed by atoms with Crippen LogP contribution in [0.3, 0.4) is 0 Å². The Morgan fingerprint density at radius 2 is 1.71 bits per heavy atom. The monoisotopic (exact) mass is 424 g/mol. The van der Waals surface area contributed by atoms with E-state index in [9.17, 15) is 9.59 Å². The number of hydrogen-bond donors (Lipinski definition) is 3. The average molecular weight is 424 g/mol. The molecule has 164 valence electrons. The summed E-state index contributed by atoms with van der Waals surface area (Å²) in [7, 11) is 1.72. The van der Waals surface area contributed by atoms with E-state index in [1.807, 2.05) is 6.07 Å². The van der Waals surface area contributed by atoms with Gasteiger partial charge < -0.3 is 24.8 Å². The van der Waals surface area contributed by atoms with Crippen LogP contribution >= 0.6 is 0 Å². The second-order valence-electron chi connectivity index (χ2n) is 6.80. The van der Waals surface area contributed by atoms with Gasteiger partial charge in [-0.1, -0.05) is 25.1 Å². The molecule has 1 heterocycles. The Balaban J connectivity index is 0.000000366. The zero-order valence-corrected chi connectivity index (χ0v) is 18.0. The number of rotatable bonds is 8. The molecule has 0 spiro atoms. The molecule has 0 saturated heterocycles. The molecular weight excluding hydrogens is 396 g/mol. The Morgan fingerprint density at radius 1 is 1.06 bits per heavy atom. The number of aliphatic carboxylic acids is 2. The normalized spacial score (nSPS) is 10.7. The number of carboxylic acid groups (broad SMARTS) is 2. The van der Waals surface area contributed by atoms with Crippen LogP contribution in [0.25, 0.3) is 16.6 Å². The highest BCUT2D eigenvalue weighted by Crippen LogP contribution is 2.31. The van der Waals surface area contributed by atoms with E-state index in [2.05, 4.69) is 66.2 Å². The van der Waals surface area contributed by atoms with Gasteiger partial charge in [0.2, 0.25) is 0 Å². The Bertz CT molecular complexity index is 1040. The molecule has 0 aliphatic heterocycles. The summed E-state index contributed by atoms with van der Waals surface area (Å²) in [6.45, 7) is 6.29. The number of carbonyl (C=O) groups is 2. The summed E-state index contributed by atoms with van der Waals surface area (Å²) in [6, 6.07) is 16.8. The number of methoxy groups -OCH3 is 1. The molecule has 0 aliphatic carbocycles. The summed E-state index contributed by atoms with van der Waals surface area (Å²) in [5, 5.41) is 20.4. The van der Waals surface area contributed by atoms with Crippen molar-refractivity contribution >= 4 is 22.8 Å². The Kier molecular flexibility index (Phi) is 8.84. The molecule has 0 radical (unpaired) electrons. The molecule has 0 saturated carbocycles. The van der Waals surface area contributed by atoms with Crippen LogP contribution in [0.15, 0.2) is 60.7 Å². The van der Waals surface area contributed by atoms with E-state index >= 15 is 0 Å². The highest BCUT2D eigenvalue weighted by atomic mass is 16.5. The van der Waals surface area contributed by atoms with Crippen LogP contribution in [-0.4, -0.2) is 40.4 Å². The van der Waals surface area contributed by atoms with Crippen molar-refractivity contribution in [2.75, 3.05) is 13.7 Å². The number of para-hydroxylation sites is 1. The van der Waals surface area contributed by atoms with Crippen LogP contribution in [0, 0.1) is 6.92 Å². The third-order valence-electron chi connectivity index (χ3n) is 4.65. The summed E-state index contributed by atoms with van der Waals surface area (Å²) in [5.41, 5.74) is 5.05. The van der Waals surface area contributed by atoms with Gasteiger partial charge in [0, 0.05) is 35.5 Å². The minimum Gasteiger partial charge on any atom is -0.497 e. The van der Waals surface area contributed by atoms with Crippen LogP contribution in [0.2, 0.25) is 0 Å². The summed E-state index contributed by atoms with van der Waals surface area (Å²) >= 11 is 0. The van der Waals surface area contributed by atoms with Gasteiger partial charge in [0.15, 0.2) is 0 Å². The first-order chi connectivity index (χ1) is 14.9. The fraction of sp³-hybridized carbons (Fsp3) is 0.250. The van der Waals surface area contributed by atoms with E-state index in [1.165, 1.54) is 27.8 Å². The second kappa shape index (κ2) is 11.6. The quantitative estimate of drug-likeness (QED) is 0.371.